The molecule has 2 amide bonds. The second kappa shape index (κ2) is 7.46. The second-order valence-corrected chi connectivity index (χ2v) is 8.67. The molecule has 0 unspecified atom stereocenters. The fourth-order valence-electron chi connectivity index (χ4n) is 3.55. The molecule has 0 aliphatic carbocycles. The van der Waals surface area contributed by atoms with Gasteiger partial charge in [0.25, 0.3) is 0 Å². The third-order valence-electron chi connectivity index (χ3n) is 4.84. The van der Waals surface area contributed by atoms with Gasteiger partial charge in [-0.05, 0) is 35.4 Å². The van der Waals surface area contributed by atoms with E-state index < -0.39 is 0 Å². The van der Waals surface area contributed by atoms with Crippen LogP contribution in [0.5, 0.6) is 0 Å². The Bertz CT molecular complexity index is 1220. The number of thiazole rings is 1. The van der Waals surface area contributed by atoms with Crippen molar-refractivity contribution in [3.63, 3.8) is 0 Å². The zero-order valence-corrected chi connectivity index (χ0v) is 17.6. The average molecular weight is 462 g/mol. The van der Waals surface area contributed by atoms with Gasteiger partial charge in [-0.1, -0.05) is 70.5 Å². The second-order valence-electron chi connectivity index (χ2n) is 6.73. The average Bonchev–Trinajstić information content (AvgIpc) is 3.17. The smallest absolute Gasteiger partial charge is 0.320 e. The molecule has 0 saturated heterocycles. The summed E-state index contributed by atoms with van der Waals surface area (Å²) in [5, 5.41) is 7.01. The first-order valence-electron chi connectivity index (χ1n) is 9.17. The summed E-state index contributed by atoms with van der Waals surface area (Å²) in [5.41, 5.74) is 4.67. The molecule has 0 spiro atoms. The molecule has 1 atom stereocenters. The van der Waals surface area contributed by atoms with E-state index in [1.165, 1.54) is 0 Å². The van der Waals surface area contributed by atoms with Crippen molar-refractivity contribution in [1.82, 2.24) is 15.6 Å². The lowest BCUT2D eigenvalue weighted by Gasteiger charge is -2.30. The summed E-state index contributed by atoms with van der Waals surface area (Å²) in [4.78, 5) is 17.5. The topological polar surface area (TPSA) is 54.0 Å². The highest BCUT2D eigenvalue weighted by atomic mass is 79.9. The molecule has 4 aromatic rings. The molecule has 2 N–H and O–H groups in total. The third-order valence-corrected chi connectivity index (χ3v) is 6.40. The molecule has 2 heterocycles. The summed E-state index contributed by atoms with van der Waals surface area (Å²) in [7, 11) is 0. The molecule has 142 valence electrons. The predicted octanol–water partition coefficient (Wildman–Crippen LogP) is 5.98. The van der Waals surface area contributed by atoms with Crippen LogP contribution in [-0.4, -0.2) is 11.0 Å². The van der Waals surface area contributed by atoms with E-state index in [-0.39, 0.29) is 12.1 Å². The molecule has 0 saturated carbocycles. The van der Waals surface area contributed by atoms with Crippen LogP contribution in [0.3, 0.4) is 0 Å². The summed E-state index contributed by atoms with van der Waals surface area (Å²) in [6.45, 7) is 0. The van der Waals surface area contributed by atoms with E-state index in [2.05, 4.69) is 32.6 Å². The van der Waals surface area contributed by atoms with E-state index in [9.17, 15) is 4.79 Å². The number of urea groups is 1. The number of carbonyl (C=O) groups excluding carboxylic acids is 1. The van der Waals surface area contributed by atoms with Gasteiger partial charge >= 0.3 is 6.03 Å². The number of para-hydroxylation sites is 1. The van der Waals surface area contributed by atoms with Gasteiger partial charge in [0.05, 0.1) is 22.0 Å². The van der Waals surface area contributed by atoms with Crippen molar-refractivity contribution in [2.45, 2.75) is 6.04 Å². The van der Waals surface area contributed by atoms with Crippen LogP contribution in [0.4, 0.5) is 4.79 Å². The number of fused-ring (bicyclic) bond motifs is 1. The molecular formula is C23H16BrN3OS. The van der Waals surface area contributed by atoms with Crippen molar-refractivity contribution < 1.29 is 4.79 Å². The number of nitrogens with one attached hydrogen (secondary N) is 2. The Hall–Kier alpha value is -2.96. The van der Waals surface area contributed by atoms with E-state index in [0.717, 1.165) is 42.1 Å². The number of halogens is 1. The van der Waals surface area contributed by atoms with E-state index in [1.807, 2.05) is 72.8 Å². The van der Waals surface area contributed by atoms with Gasteiger partial charge in [-0.15, -0.1) is 11.3 Å². The quantitative estimate of drug-likeness (QED) is 0.394. The number of aromatic nitrogens is 1. The molecule has 4 nitrogen and oxygen atoms in total. The maximum absolute atomic E-state index is 12.6. The Morgan fingerprint density at radius 2 is 1.72 bits per heavy atom. The molecule has 0 bridgehead atoms. The van der Waals surface area contributed by atoms with Gasteiger partial charge in [-0.3, -0.25) is 0 Å². The zero-order chi connectivity index (χ0) is 19.8. The van der Waals surface area contributed by atoms with E-state index >= 15 is 0 Å². The van der Waals surface area contributed by atoms with Crippen LogP contribution in [0, 0.1) is 0 Å². The molecular weight excluding hydrogens is 446 g/mol. The number of carbonyl (C=O) groups is 1. The Balaban J connectivity index is 1.78. The van der Waals surface area contributed by atoms with Crippen molar-refractivity contribution in [2.75, 3.05) is 0 Å². The maximum atomic E-state index is 12.6. The van der Waals surface area contributed by atoms with E-state index in [0.29, 0.717) is 0 Å². The fraction of sp³-hybridized carbons (Fsp3) is 0.0435. The molecule has 1 aliphatic heterocycles. The van der Waals surface area contributed by atoms with Crippen LogP contribution in [0.15, 0.2) is 83.3 Å². The lowest BCUT2D eigenvalue weighted by molar-refractivity contribution is 0.242. The molecule has 3 aromatic carbocycles. The Morgan fingerprint density at radius 3 is 2.52 bits per heavy atom. The largest absolute Gasteiger partial charge is 0.327 e. The molecule has 1 aromatic heterocycles. The minimum Gasteiger partial charge on any atom is -0.327 e. The van der Waals surface area contributed by atoms with Crippen molar-refractivity contribution in [3.05, 3.63) is 99.5 Å². The monoisotopic (exact) mass is 461 g/mol. The normalized spacial score (nSPS) is 16.6. The molecule has 5 rings (SSSR count). The summed E-state index contributed by atoms with van der Waals surface area (Å²) in [5.74, 6) is 0. The van der Waals surface area contributed by atoms with Gasteiger partial charge in [0.1, 0.15) is 5.01 Å². The molecule has 1 aliphatic rings. The number of rotatable bonds is 3. The van der Waals surface area contributed by atoms with E-state index in [4.69, 9.17) is 4.98 Å². The highest BCUT2D eigenvalue weighted by Crippen LogP contribution is 2.41. The first-order chi connectivity index (χ1) is 14.2. The number of hydrogen-bond acceptors (Lipinski definition) is 3. The third kappa shape index (κ3) is 3.45. The van der Waals surface area contributed by atoms with Gasteiger partial charge in [-0.2, -0.15) is 0 Å². The number of amides is 2. The van der Waals surface area contributed by atoms with Crippen molar-refractivity contribution >= 4 is 54.8 Å². The summed E-state index contributed by atoms with van der Waals surface area (Å²) in [6, 6.07) is 25.5. The highest BCUT2D eigenvalue weighted by Gasteiger charge is 2.32. The minimum atomic E-state index is -0.308. The molecule has 0 radical (unpaired) electrons. The van der Waals surface area contributed by atoms with Gasteiger partial charge in [0, 0.05) is 10.0 Å². The standard InChI is InChI=1S/C23H16BrN3OS/c24-16-10-6-9-15(13-16)21-19(22-25-17-11-4-5-12-18(17)29-22)20(26-23(28)27-21)14-7-2-1-3-8-14/h1-13,21H,(H2,26,27,28)/t21-/m0/s1. The SMILES string of the molecule is O=C1NC(c2ccccc2)=C(c2nc3ccccc3s2)[C@H](c2cccc(Br)c2)N1. The van der Waals surface area contributed by atoms with Gasteiger partial charge in [-0.25, -0.2) is 9.78 Å². The van der Waals surface area contributed by atoms with Crippen molar-refractivity contribution in [3.8, 4) is 0 Å². The van der Waals surface area contributed by atoms with Crippen molar-refractivity contribution in [1.29, 1.82) is 0 Å². The first-order valence-corrected chi connectivity index (χ1v) is 10.8. The van der Waals surface area contributed by atoms with Crippen LogP contribution in [0.25, 0.3) is 21.5 Å². The fourth-order valence-corrected chi connectivity index (χ4v) is 5.01. The maximum Gasteiger partial charge on any atom is 0.320 e. The molecule has 0 fully saturated rings. The lowest BCUT2D eigenvalue weighted by Crippen LogP contribution is -2.42. The Kier molecular flexibility index (Phi) is 4.66. The lowest BCUT2D eigenvalue weighted by atomic mass is 9.93. The first kappa shape index (κ1) is 18.1. The highest BCUT2D eigenvalue weighted by molar-refractivity contribution is 9.10. The summed E-state index contributed by atoms with van der Waals surface area (Å²) < 4.78 is 2.08. The van der Waals surface area contributed by atoms with Gasteiger partial charge in [0.15, 0.2) is 0 Å². The van der Waals surface area contributed by atoms with Gasteiger partial charge in [0.2, 0.25) is 0 Å². The predicted molar refractivity (Wildman–Crippen MR) is 121 cm³/mol. The number of nitrogens with zero attached hydrogens (tertiary/aromatic N) is 1. The Labute approximate surface area is 180 Å². The van der Waals surface area contributed by atoms with Crippen LogP contribution >= 0.6 is 27.3 Å². The summed E-state index contributed by atoms with van der Waals surface area (Å²) in [6.07, 6.45) is 0. The van der Waals surface area contributed by atoms with Crippen LogP contribution in [0.1, 0.15) is 22.2 Å². The molecule has 6 heteroatoms. The zero-order valence-electron chi connectivity index (χ0n) is 15.2. The van der Waals surface area contributed by atoms with Crippen molar-refractivity contribution in [2.24, 2.45) is 0 Å². The minimum absolute atomic E-state index is 0.223. The van der Waals surface area contributed by atoms with Crippen LogP contribution in [0.2, 0.25) is 0 Å². The van der Waals surface area contributed by atoms with E-state index in [1.54, 1.807) is 11.3 Å². The Morgan fingerprint density at radius 1 is 0.931 bits per heavy atom. The van der Waals surface area contributed by atoms with Crippen LogP contribution in [-0.2, 0) is 0 Å². The molecule has 29 heavy (non-hydrogen) atoms. The summed E-state index contributed by atoms with van der Waals surface area (Å²) >= 11 is 5.18. The van der Waals surface area contributed by atoms with Gasteiger partial charge < -0.3 is 10.6 Å². The number of hydrogen-bond donors (Lipinski definition) is 2. The number of benzene rings is 3. The van der Waals surface area contributed by atoms with Crippen LogP contribution < -0.4 is 10.6 Å².